The first kappa shape index (κ1) is 15.5. The molecule has 24 heavy (non-hydrogen) atoms. The molecular formula is C18H14N2O4. The molecule has 0 amide bonds. The molecule has 3 rings (SSSR count). The van der Waals surface area contributed by atoms with Gasteiger partial charge in [-0.3, -0.25) is 10.1 Å². The third-order valence-corrected chi connectivity index (χ3v) is 3.66. The number of fused-ring (bicyclic) bond motifs is 1. The van der Waals surface area contributed by atoms with E-state index in [2.05, 4.69) is 5.16 Å². The van der Waals surface area contributed by atoms with Crippen LogP contribution in [0.2, 0.25) is 0 Å². The van der Waals surface area contributed by atoms with Crippen LogP contribution in [0.15, 0.2) is 65.8 Å². The van der Waals surface area contributed by atoms with E-state index in [-0.39, 0.29) is 5.69 Å². The van der Waals surface area contributed by atoms with Crippen molar-refractivity contribution in [2.75, 3.05) is 0 Å². The van der Waals surface area contributed by atoms with Gasteiger partial charge in [0.2, 0.25) is 0 Å². The molecule has 0 saturated heterocycles. The van der Waals surface area contributed by atoms with Crippen molar-refractivity contribution in [2.24, 2.45) is 5.16 Å². The third-order valence-electron chi connectivity index (χ3n) is 3.66. The fourth-order valence-electron chi connectivity index (χ4n) is 2.52. The van der Waals surface area contributed by atoms with E-state index in [9.17, 15) is 10.1 Å². The first-order valence-corrected chi connectivity index (χ1v) is 7.24. The number of non-ortho nitro benzene ring substituents is 1. The molecule has 0 heterocycles. The number of oxime groups is 1. The van der Waals surface area contributed by atoms with Crippen molar-refractivity contribution in [1.82, 2.24) is 0 Å². The summed E-state index contributed by atoms with van der Waals surface area (Å²) in [6.07, 6.45) is 1.12. The maximum Gasteiger partial charge on any atom is 0.270 e. The highest BCUT2D eigenvalue weighted by molar-refractivity contribution is 5.86. The first-order valence-electron chi connectivity index (χ1n) is 7.24. The molecule has 3 aromatic carbocycles. The number of nitrogens with zero attached hydrogens (tertiary/aromatic N) is 2. The Hall–Kier alpha value is -3.41. The predicted octanol–water partition coefficient (Wildman–Crippen LogP) is 4.14. The number of nitro groups is 1. The van der Waals surface area contributed by atoms with Crippen molar-refractivity contribution in [3.8, 4) is 5.75 Å². The summed E-state index contributed by atoms with van der Waals surface area (Å²) in [5, 5.41) is 24.7. The molecule has 0 aliphatic heterocycles. The largest absolute Gasteiger partial charge is 0.488 e. The van der Waals surface area contributed by atoms with Gasteiger partial charge in [0.15, 0.2) is 0 Å². The summed E-state index contributed by atoms with van der Waals surface area (Å²) >= 11 is 0. The van der Waals surface area contributed by atoms with Crippen LogP contribution in [0.5, 0.6) is 5.75 Å². The minimum atomic E-state index is -0.511. The van der Waals surface area contributed by atoms with Crippen LogP contribution < -0.4 is 4.74 Å². The van der Waals surface area contributed by atoms with E-state index in [0.717, 1.165) is 22.6 Å². The fraction of sp³-hybridized carbons (Fsp3) is 0.0556. The molecule has 0 radical (unpaired) electrons. The van der Waals surface area contributed by atoms with E-state index < -0.39 is 4.92 Å². The number of nitro benzene ring substituents is 1. The SMILES string of the molecule is O=[N+]([O-])c1ccc(OCc2cccc3ccccc23)c(/C=N\O)c1. The highest BCUT2D eigenvalue weighted by atomic mass is 16.6. The van der Waals surface area contributed by atoms with Gasteiger partial charge in [0, 0.05) is 17.7 Å². The summed E-state index contributed by atoms with van der Waals surface area (Å²) in [4.78, 5) is 10.3. The lowest BCUT2D eigenvalue weighted by Crippen LogP contribution is -2.00. The van der Waals surface area contributed by atoms with E-state index in [4.69, 9.17) is 9.94 Å². The Kier molecular flexibility index (Phi) is 4.38. The van der Waals surface area contributed by atoms with Gasteiger partial charge >= 0.3 is 0 Å². The van der Waals surface area contributed by atoms with Gasteiger partial charge < -0.3 is 9.94 Å². The summed E-state index contributed by atoms with van der Waals surface area (Å²) < 4.78 is 5.79. The van der Waals surface area contributed by atoms with Gasteiger partial charge in [-0.15, -0.1) is 0 Å². The molecule has 0 bridgehead atoms. The van der Waals surface area contributed by atoms with E-state index in [1.54, 1.807) is 0 Å². The van der Waals surface area contributed by atoms with Gasteiger partial charge in [-0.1, -0.05) is 47.6 Å². The zero-order chi connectivity index (χ0) is 16.9. The third kappa shape index (κ3) is 3.17. The fourth-order valence-corrected chi connectivity index (χ4v) is 2.52. The lowest BCUT2D eigenvalue weighted by molar-refractivity contribution is -0.384. The number of rotatable bonds is 5. The molecule has 6 heteroatoms. The molecule has 0 aliphatic carbocycles. The van der Waals surface area contributed by atoms with Crippen LogP contribution in [0.4, 0.5) is 5.69 Å². The van der Waals surface area contributed by atoms with Crippen LogP contribution in [0.25, 0.3) is 10.8 Å². The van der Waals surface area contributed by atoms with Gasteiger partial charge in [0.1, 0.15) is 12.4 Å². The van der Waals surface area contributed by atoms with Crippen molar-refractivity contribution < 1.29 is 14.9 Å². The van der Waals surface area contributed by atoms with Crippen molar-refractivity contribution in [3.05, 3.63) is 81.9 Å². The summed E-state index contributed by atoms with van der Waals surface area (Å²) in [6.45, 7) is 0.297. The van der Waals surface area contributed by atoms with Crippen LogP contribution in [0, 0.1) is 10.1 Å². The maximum absolute atomic E-state index is 10.9. The Morgan fingerprint density at radius 1 is 1.12 bits per heavy atom. The van der Waals surface area contributed by atoms with Gasteiger partial charge in [-0.05, 0) is 22.4 Å². The summed E-state index contributed by atoms with van der Waals surface area (Å²) in [6, 6.07) is 18.1. The van der Waals surface area contributed by atoms with Crippen LogP contribution >= 0.6 is 0 Å². The van der Waals surface area contributed by atoms with Gasteiger partial charge in [-0.2, -0.15) is 0 Å². The van der Waals surface area contributed by atoms with Crippen LogP contribution in [0.1, 0.15) is 11.1 Å². The van der Waals surface area contributed by atoms with Crippen LogP contribution in [0.3, 0.4) is 0 Å². The normalized spacial score (nSPS) is 11.0. The summed E-state index contributed by atoms with van der Waals surface area (Å²) in [5.41, 5.74) is 1.24. The molecular weight excluding hydrogens is 308 g/mol. The molecule has 1 N–H and O–H groups in total. The molecule has 0 fully saturated rings. The Morgan fingerprint density at radius 2 is 1.92 bits per heavy atom. The van der Waals surface area contributed by atoms with E-state index in [0.29, 0.717) is 17.9 Å². The summed E-state index contributed by atoms with van der Waals surface area (Å²) in [7, 11) is 0. The molecule has 0 atom stereocenters. The highest BCUT2D eigenvalue weighted by Gasteiger charge is 2.11. The Labute approximate surface area is 137 Å². The van der Waals surface area contributed by atoms with Crippen molar-refractivity contribution in [3.63, 3.8) is 0 Å². The number of ether oxygens (including phenoxy) is 1. The zero-order valence-corrected chi connectivity index (χ0v) is 12.6. The average Bonchev–Trinajstić information content (AvgIpc) is 2.60. The van der Waals surface area contributed by atoms with E-state index >= 15 is 0 Å². The molecule has 3 aromatic rings. The van der Waals surface area contributed by atoms with Gasteiger partial charge in [-0.25, -0.2) is 0 Å². The second-order valence-corrected chi connectivity index (χ2v) is 5.15. The van der Waals surface area contributed by atoms with Gasteiger partial charge in [0.05, 0.1) is 11.1 Å². The molecule has 0 aliphatic rings. The summed E-state index contributed by atoms with van der Waals surface area (Å²) in [5.74, 6) is 0.409. The molecule has 0 saturated carbocycles. The highest BCUT2D eigenvalue weighted by Crippen LogP contribution is 2.25. The first-order chi connectivity index (χ1) is 11.7. The van der Waals surface area contributed by atoms with E-state index in [1.165, 1.54) is 18.2 Å². The van der Waals surface area contributed by atoms with Crippen molar-refractivity contribution >= 4 is 22.7 Å². The smallest absolute Gasteiger partial charge is 0.270 e. The molecule has 0 spiro atoms. The quantitative estimate of drug-likeness (QED) is 0.331. The van der Waals surface area contributed by atoms with Gasteiger partial charge in [0.25, 0.3) is 5.69 Å². The predicted molar refractivity (Wildman–Crippen MR) is 90.8 cm³/mol. The Bertz CT molecular complexity index is 917. The van der Waals surface area contributed by atoms with Crippen molar-refractivity contribution in [2.45, 2.75) is 6.61 Å². The molecule has 0 aromatic heterocycles. The topological polar surface area (TPSA) is 85.0 Å². The molecule has 6 nitrogen and oxygen atoms in total. The Balaban J connectivity index is 1.89. The average molecular weight is 322 g/mol. The van der Waals surface area contributed by atoms with E-state index in [1.807, 2.05) is 42.5 Å². The standard InChI is InChI=1S/C18H14N2O4/c21-19-11-15-10-16(20(22)23)8-9-18(15)24-12-14-6-3-5-13-4-1-2-7-17(13)14/h1-11,21H,12H2/b19-11-. The van der Waals surface area contributed by atoms with Crippen LogP contribution in [-0.4, -0.2) is 16.3 Å². The minimum absolute atomic E-state index is 0.0950. The van der Waals surface area contributed by atoms with Crippen LogP contribution in [-0.2, 0) is 6.61 Å². The number of benzene rings is 3. The monoisotopic (exact) mass is 322 g/mol. The zero-order valence-electron chi connectivity index (χ0n) is 12.6. The number of hydrogen-bond donors (Lipinski definition) is 1. The second-order valence-electron chi connectivity index (χ2n) is 5.15. The Morgan fingerprint density at radius 3 is 2.71 bits per heavy atom. The molecule has 0 unspecified atom stereocenters. The lowest BCUT2D eigenvalue weighted by Gasteiger charge is -2.11. The minimum Gasteiger partial charge on any atom is -0.488 e. The maximum atomic E-state index is 10.9. The number of hydrogen-bond acceptors (Lipinski definition) is 5. The molecule has 120 valence electrons. The van der Waals surface area contributed by atoms with Crippen molar-refractivity contribution in [1.29, 1.82) is 0 Å². The second kappa shape index (κ2) is 6.78. The lowest BCUT2D eigenvalue weighted by atomic mass is 10.1.